The molecule has 2 heterocycles. The van der Waals surface area contributed by atoms with Crippen LogP contribution in [0.25, 0.3) is 22.5 Å². The molecule has 50 heavy (non-hydrogen) atoms. The van der Waals surface area contributed by atoms with Gasteiger partial charge in [-0.05, 0) is 53.3 Å². The zero-order valence-corrected chi connectivity index (χ0v) is 27.6. The zero-order valence-electron chi connectivity index (χ0n) is 27.6. The van der Waals surface area contributed by atoms with Gasteiger partial charge in [-0.2, -0.15) is 0 Å². The predicted molar refractivity (Wildman–Crippen MR) is 174 cm³/mol. The molecule has 262 valence electrons. The highest BCUT2D eigenvalue weighted by Gasteiger charge is 2.31. The number of carbonyl (C=O) groups is 2. The third-order valence-electron chi connectivity index (χ3n) is 7.55. The van der Waals surface area contributed by atoms with Crippen LogP contribution in [-0.4, -0.2) is 67.9 Å². The standard InChI is InChI=1S/C34H37N7O9/c1-4-7-28-35-30(34(2,3)45)29(32(42)43)39(28)18-22-14-16-25(17-15-22)26-8-5-6-9-27(26)31-36-38-40(37-31)21-49-33(44)48-19-23-10-12-24(13-11-23)20-50-41(46)47/h5-6,8-17,45-47H,4,7,18-21H2,1-3H3,(H,42,43). The zero-order chi connectivity index (χ0) is 35.8. The van der Waals surface area contributed by atoms with Crippen LogP contribution in [0.15, 0.2) is 72.8 Å². The molecule has 4 N–H and O–H groups in total. The largest absolute Gasteiger partial charge is 0.510 e. The van der Waals surface area contributed by atoms with Gasteiger partial charge in [0, 0.05) is 18.5 Å². The van der Waals surface area contributed by atoms with Crippen LogP contribution in [0.2, 0.25) is 0 Å². The SMILES string of the molecule is CCCc1nc(C(C)(C)O)c(C(=O)O)n1Cc1ccc(-c2ccccc2-c2nnn(COC(=O)OCc3ccc(CON(O)O)cc3)n2)cc1. The van der Waals surface area contributed by atoms with Gasteiger partial charge in [-0.1, -0.05) is 79.7 Å². The third kappa shape index (κ3) is 8.93. The number of imidazole rings is 1. The average molecular weight is 688 g/mol. The van der Waals surface area contributed by atoms with E-state index in [1.165, 1.54) is 13.8 Å². The summed E-state index contributed by atoms with van der Waals surface area (Å²) in [5.41, 5.74) is 3.26. The van der Waals surface area contributed by atoms with E-state index in [1.807, 2.05) is 55.5 Å². The van der Waals surface area contributed by atoms with Crippen LogP contribution < -0.4 is 0 Å². The molecule has 0 aliphatic heterocycles. The lowest BCUT2D eigenvalue weighted by atomic mass is 9.98. The Morgan fingerprint density at radius 3 is 2.14 bits per heavy atom. The number of aromatic nitrogens is 6. The summed E-state index contributed by atoms with van der Waals surface area (Å²) in [6.45, 7) is 4.85. The fourth-order valence-electron chi connectivity index (χ4n) is 5.19. The van der Waals surface area contributed by atoms with Crippen molar-refractivity contribution in [2.75, 3.05) is 0 Å². The lowest BCUT2D eigenvalue weighted by Crippen LogP contribution is -2.22. The van der Waals surface area contributed by atoms with Crippen molar-refractivity contribution in [1.29, 1.82) is 0 Å². The molecular weight excluding hydrogens is 650 g/mol. The van der Waals surface area contributed by atoms with Gasteiger partial charge in [0.05, 0.1) is 12.0 Å². The maximum Gasteiger partial charge on any atom is 0.510 e. The minimum absolute atomic E-state index is 0.0280. The predicted octanol–water partition coefficient (Wildman–Crippen LogP) is 4.95. The number of carbonyl (C=O) groups excluding carboxylic acids is 1. The molecule has 0 aliphatic rings. The van der Waals surface area contributed by atoms with Crippen molar-refractivity contribution in [1.82, 2.24) is 35.1 Å². The first-order chi connectivity index (χ1) is 23.9. The van der Waals surface area contributed by atoms with Gasteiger partial charge in [0.1, 0.15) is 23.7 Å². The van der Waals surface area contributed by atoms with E-state index in [0.29, 0.717) is 34.8 Å². The van der Waals surface area contributed by atoms with E-state index in [0.717, 1.165) is 27.9 Å². The highest BCUT2D eigenvalue weighted by Crippen LogP contribution is 2.31. The molecule has 0 unspecified atom stereocenters. The number of aromatic carboxylic acids is 1. The van der Waals surface area contributed by atoms with Crippen LogP contribution in [0, 0.1) is 0 Å². The second kappa shape index (κ2) is 15.8. The molecule has 5 aromatic rings. The second-order valence-electron chi connectivity index (χ2n) is 11.8. The van der Waals surface area contributed by atoms with Crippen molar-refractivity contribution in [3.8, 4) is 22.5 Å². The smallest absolute Gasteiger partial charge is 0.477 e. The summed E-state index contributed by atoms with van der Waals surface area (Å²) in [5, 5.41) is 50.0. The highest BCUT2D eigenvalue weighted by atomic mass is 17.1. The van der Waals surface area contributed by atoms with Gasteiger partial charge >= 0.3 is 12.1 Å². The van der Waals surface area contributed by atoms with E-state index in [-0.39, 0.29) is 43.3 Å². The summed E-state index contributed by atoms with van der Waals surface area (Å²) in [4.78, 5) is 34.6. The van der Waals surface area contributed by atoms with E-state index < -0.39 is 17.7 Å². The number of carboxylic acid groups (broad SMARTS) is 1. The molecule has 0 fully saturated rings. The Kier molecular flexibility index (Phi) is 11.3. The van der Waals surface area contributed by atoms with Gasteiger partial charge in [-0.25, -0.2) is 19.4 Å². The first kappa shape index (κ1) is 35.8. The number of ether oxygens (including phenoxy) is 2. The Hall–Kier alpha value is -5.52. The average Bonchev–Trinajstić information content (AvgIpc) is 3.72. The number of rotatable bonds is 15. The quantitative estimate of drug-likeness (QED) is 0.0848. The fraction of sp³-hybridized carbons (Fsp3) is 0.294. The summed E-state index contributed by atoms with van der Waals surface area (Å²) in [5.74, 6) is -0.245. The summed E-state index contributed by atoms with van der Waals surface area (Å²) in [6, 6.07) is 21.9. The minimum atomic E-state index is -1.42. The minimum Gasteiger partial charge on any atom is -0.477 e. The molecule has 0 saturated carbocycles. The van der Waals surface area contributed by atoms with Crippen molar-refractivity contribution in [3.63, 3.8) is 0 Å². The first-order valence-electron chi connectivity index (χ1n) is 15.6. The van der Waals surface area contributed by atoms with Gasteiger partial charge < -0.3 is 24.3 Å². The molecule has 0 amide bonds. The number of benzene rings is 3. The molecule has 16 heteroatoms. The molecule has 0 atom stereocenters. The monoisotopic (exact) mass is 687 g/mol. The van der Waals surface area contributed by atoms with Crippen molar-refractivity contribution in [2.45, 2.75) is 65.7 Å². The number of nitrogens with zero attached hydrogens (tertiary/aromatic N) is 7. The van der Waals surface area contributed by atoms with Crippen molar-refractivity contribution >= 4 is 12.1 Å². The first-order valence-corrected chi connectivity index (χ1v) is 15.6. The van der Waals surface area contributed by atoms with E-state index in [1.54, 1.807) is 28.8 Å². The Morgan fingerprint density at radius 2 is 1.52 bits per heavy atom. The topological polar surface area (TPSA) is 207 Å². The van der Waals surface area contributed by atoms with Crippen LogP contribution in [0.1, 0.15) is 65.9 Å². The van der Waals surface area contributed by atoms with Crippen LogP contribution in [0.3, 0.4) is 0 Å². The van der Waals surface area contributed by atoms with Gasteiger partial charge in [0.2, 0.25) is 12.6 Å². The Balaban J connectivity index is 1.23. The molecular formula is C34H37N7O9. The Morgan fingerprint density at radius 1 is 0.880 bits per heavy atom. The number of tetrazole rings is 1. The highest BCUT2D eigenvalue weighted by molar-refractivity contribution is 5.87. The van der Waals surface area contributed by atoms with E-state index in [2.05, 4.69) is 25.2 Å². The molecule has 0 aliphatic carbocycles. The molecule has 5 rings (SSSR count). The van der Waals surface area contributed by atoms with Crippen LogP contribution in [-0.2, 0) is 52.8 Å². The molecule has 0 saturated heterocycles. The lowest BCUT2D eigenvalue weighted by molar-refractivity contribution is -0.497. The molecule has 2 aromatic heterocycles. The number of hydrogen-bond donors (Lipinski definition) is 4. The van der Waals surface area contributed by atoms with Crippen LogP contribution in [0.5, 0.6) is 0 Å². The fourth-order valence-corrected chi connectivity index (χ4v) is 5.19. The van der Waals surface area contributed by atoms with Gasteiger partial charge in [0.15, 0.2) is 5.69 Å². The third-order valence-corrected chi connectivity index (χ3v) is 7.55. The number of carboxylic acids is 1. The maximum absolute atomic E-state index is 12.3. The molecule has 0 spiro atoms. The van der Waals surface area contributed by atoms with Gasteiger partial charge in [-0.15, -0.1) is 15.0 Å². The summed E-state index contributed by atoms with van der Waals surface area (Å²) >= 11 is 0. The number of aryl methyl sites for hydroxylation is 1. The Bertz CT molecular complexity index is 1910. The molecule has 0 radical (unpaired) electrons. The summed E-state index contributed by atoms with van der Waals surface area (Å²) in [6.07, 6.45) is 0.391. The lowest BCUT2D eigenvalue weighted by Gasteiger charge is -2.16. The van der Waals surface area contributed by atoms with E-state index >= 15 is 0 Å². The number of aliphatic hydroxyl groups is 1. The maximum atomic E-state index is 12.3. The number of hydrogen-bond acceptors (Lipinski definition) is 13. The van der Waals surface area contributed by atoms with Gasteiger partial charge in [0.25, 0.3) is 0 Å². The summed E-state index contributed by atoms with van der Waals surface area (Å²) in [7, 11) is 0. The molecule has 16 nitrogen and oxygen atoms in total. The van der Waals surface area contributed by atoms with Crippen LogP contribution in [0.4, 0.5) is 4.79 Å². The normalized spacial score (nSPS) is 11.6. The van der Waals surface area contributed by atoms with Crippen molar-refractivity contribution < 1.29 is 44.5 Å². The van der Waals surface area contributed by atoms with E-state index in [9.17, 15) is 19.8 Å². The molecule has 3 aromatic carbocycles. The Labute approximate surface area is 286 Å². The second-order valence-corrected chi connectivity index (χ2v) is 11.8. The summed E-state index contributed by atoms with van der Waals surface area (Å²) < 4.78 is 11.9. The van der Waals surface area contributed by atoms with E-state index in [4.69, 9.17) is 19.9 Å². The van der Waals surface area contributed by atoms with Crippen molar-refractivity contribution in [2.24, 2.45) is 0 Å². The van der Waals surface area contributed by atoms with Crippen LogP contribution >= 0.6 is 0 Å². The van der Waals surface area contributed by atoms with Crippen molar-refractivity contribution in [3.05, 3.63) is 107 Å². The molecule has 0 bridgehead atoms. The van der Waals surface area contributed by atoms with Gasteiger partial charge in [-0.3, -0.25) is 10.4 Å².